The number of hydrogen-bond donors (Lipinski definition) is 1. The zero-order valence-corrected chi connectivity index (χ0v) is 11.6. The smallest absolute Gasteiger partial charge is 0.212 e. The summed E-state index contributed by atoms with van der Waals surface area (Å²) in [5, 5.41) is 8.93. The molecule has 0 bridgehead atoms. The molecule has 0 saturated carbocycles. The van der Waals surface area contributed by atoms with E-state index in [4.69, 9.17) is 11.7 Å². The molecule has 4 nitrogen and oxygen atoms in total. The van der Waals surface area contributed by atoms with Gasteiger partial charge in [0, 0.05) is 0 Å². The average molecular weight is 276 g/mol. The first kappa shape index (κ1) is 15.2. The van der Waals surface area contributed by atoms with Gasteiger partial charge in [0.2, 0.25) is 10.0 Å². The molecule has 1 rings (SSSR count). The van der Waals surface area contributed by atoms with Crippen LogP contribution < -0.4 is 4.72 Å². The Morgan fingerprint density at radius 1 is 1.42 bits per heavy atom. The van der Waals surface area contributed by atoms with Crippen LogP contribution in [0.3, 0.4) is 0 Å². The van der Waals surface area contributed by atoms with E-state index in [1.807, 2.05) is 13.0 Å². The number of hydrogen-bond acceptors (Lipinski definition) is 3. The Kier molecular flexibility index (Phi) is 5.57. The average Bonchev–Trinajstić information content (AvgIpc) is 2.38. The molecule has 0 aliphatic heterocycles. The van der Waals surface area contributed by atoms with Crippen LogP contribution in [0.5, 0.6) is 0 Å². The van der Waals surface area contributed by atoms with E-state index >= 15 is 0 Å². The van der Waals surface area contributed by atoms with Gasteiger partial charge in [0.25, 0.3) is 0 Å². The molecule has 1 aromatic rings. The van der Waals surface area contributed by atoms with Crippen molar-refractivity contribution in [3.05, 3.63) is 35.4 Å². The van der Waals surface area contributed by atoms with E-state index < -0.39 is 16.1 Å². The minimum Gasteiger partial charge on any atom is -0.212 e. The molecule has 0 aliphatic rings. The van der Waals surface area contributed by atoms with Gasteiger partial charge in [0.15, 0.2) is 0 Å². The fraction of sp³-hybridized carbons (Fsp3) is 0.357. The van der Waals surface area contributed by atoms with Gasteiger partial charge in [-0.2, -0.15) is 5.26 Å². The van der Waals surface area contributed by atoms with Gasteiger partial charge in [0.05, 0.1) is 23.4 Å². The van der Waals surface area contributed by atoms with E-state index in [1.165, 1.54) is 0 Å². The predicted molar refractivity (Wildman–Crippen MR) is 74.4 cm³/mol. The van der Waals surface area contributed by atoms with Gasteiger partial charge < -0.3 is 0 Å². The first-order chi connectivity index (χ1) is 9.02. The molecule has 100 valence electrons. The van der Waals surface area contributed by atoms with E-state index in [0.29, 0.717) is 17.5 Å². The highest BCUT2D eigenvalue weighted by molar-refractivity contribution is 7.88. The van der Waals surface area contributed by atoms with E-state index in [9.17, 15) is 8.42 Å². The fourth-order valence-electron chi connectivity index (χ4n) is 1.68. The maximum absolute atomic E-state index is 12.0. The number of benzene rings is 1. The van der Waals surface area contributed by atoms with Crippen LogP contribution in [0.15, 0.2) is 24.3 Å². The third-order valence-corrected chi connectivity index (χ3v) is 3.92. The van der Waals surface area contributed by atoms with Gasteiger partial charge in [-0.05, 0) is 18.1 Å². The van der Waals surface area contributed by atoms with Crippen LogP contribution in [0.25, 0.3) is 0 Å². The Morgan fingerprint density at radius 3 is 2.68 bits per heavy atom. The molecule has 0 heterocycles. The molecule has 1 atom stereocenters. The standard InChI is InChI=1S/C14H16N2O2S/c1-3-7-14(4-2)16-19(17,18)11-13-9-6-5-8-12(13)10-15/h2,5-6,8-9,14,16H,3,7,11H2,1H3. The minimum absolute atomic E-state index is 0.237. The molecule has 0 spiro atoms. The van der Waals surface area contributed by atoms with E-state index in [0.717, 1.165) is 6.42 Å². The van der Waals surface area contributed by atoms with Crippen molar-refractivity contribution in [2.75, 3.05) is 0 Å². The van der Waals surface area contributed by atoms with Crippen LogP contribution in [0.1, 0.15) is 30.9 Å². The lowest BCUT2D eigenvalue weighted by atomic mass is 10.1. The molecular formula is C14H16N2O2S. The summed E-state index contributed by atoms with van der Waals surface area (Å²) in [6, 6.07) is 8.10. The summed E-state index contributed by atoms with van der Waals surface area (Å²) >= 11 is 0. The third-order valence-electron chi connectivity index (χ3n) is 2.58. The Morgan fingerprint density at radius 2 is 2.11 bits per heavy atom. The lowest BCUT2D eigenvalue weighted by molar-refractivity contribution is 0.563. The number of terminal acetylenes is 1. The maximum Gasteiger partial charge on any atom is 0.216 e. The molecule has 19 heavy (non-hydrogen) atoms. The topological polar surface area (TPSA) is 70.0 Å². The molecular weight excluding hydrogens is 260 g/mol. The summed E-state index contributed by atoms with van der Waals surface area (Å²) < 4.78 is 26.5. The lowest BCUT2D eigenvalue weighted by Crippen LogP contribution is -2.34. The Hall–Kier alpha value is -1.82. The molecule has 0 fully saturated rings. The Balaban J connectivity index is 2.86. The lowest BCUT2D eigenvalue weighted by Gasteiger charge is -2.13. The number of nitrogens with one attached hydrogen (secondary N) is 1. The SMILES string of the molecule is C#CC(CCC)NS(=O)(=O)Cc1ccccc1C#N. The monoisotopic (exact) mass is 276 g/mol. The van der Waals surface area contributed by atoms with Crippen molar-refractivity contribution in [1.82, 2.24) is 4.72 Å². The van der Waals surface area contributed by atoms with Crippen molar-refractivity contribution in [2.45, 2.75) is 31.6 Å². The van der Waals surface area contributed by atoms with Crippen LogP contribution in [0.4, 0.5) is 0 Å². The highest BCUT2D eigenvalue weighted by Gasteiger charge is 2.17. The van der Waals surface area contributed by atoms with Gasteiger partial charge in [-0.15, -0.1) is 6.42 Å². The molecule has 0 aliphatic carbocycles. The van der Waals surface area contributed by atoms with Crippen molar-refractivity contribution in [3.8, 4) is 18.4 Å². The second-order valence-electron chi connectivity index (χ2n) is 4.15. The molecule has 0 saturated heterocycles. The predicted octanol–water partition coefficient (Wildman–Crippen LogP) is 1.78. The van der Waals surface area contributed by atoms with E-state index in [1.54, 1.807) is 24.3 Å². The summed E-state index contributed by atoms with van der Waals surface area (Å²) in [6.07, 6.45) is 6.68. The second kappa shape index (κ2) is 6.94. The van der Waals surface area contributed by atoms with Crippen LogP contribution in [0, 0.1) is 23.7 Å². The Labute approximate surface area is 114 Å². The molecule has 0 aromatic heterocycles. The Bertz CT molecular complexity index is 609. The van der Waals surface area contributed by atoms with E-state index in [-0.39, 0.29) is 5.75 Å². The number of nitriles is 1. The van der Waals surface area contributed by atoms with Crippen LogP contribution in [0.2, 0.25) is 0 Å². The zero-order valence-electron chi connectivity index (χ0n) is 10.8. The quantitative estimate of drug-likeness (QED) is 0.805. The van der Waals surface area contributed by atoms with Gasteiger partial charge in [-0.25, -0.2) is 13.1 Å². The molecule has 1 aromatic carbocycles. The van der Waals surface area contributed by atoms with Gasteiger partial charge >= 0.3 is 0 Å². The number of rotatable bonds is 6. The second-order valence-corrected chi connectivity index (χ2v) is 5.91. The summed E-state index contributed by atoms with van der Waals surface area (Å²) in [5.41, 5.74) is 0.838. The number of nitrogens with zero attached hydrogens (tertiary/aromatic N) is 1. The summed E-state index contributed by atoms with van der Waals surface area (Å²) in [6.45, 7) is 1.93. The molecule has 0 amide bonds. The first-order valence-corrected chi connectivity index (χ1v) is 7.61. The molecule has 5 heteroatoms. The summed E-state index contributed by atoms with van der Waals surface area (Å²) in [5.74, 6) is 2.18. The largest absolute Gasteiger partial charge is 0.216 e. The van der Waals surface area contributed by atoms with Crippen molar-refractivity contribution in [2.24, 2.45) is 0 Å². The maximum atomic E-state index is 12.0. The van der Waals surface area contributed by atoms with E-state index in [2.05, 4.69) is 10.6 Å². The highest BCUT2D eigenvalue weighted by atomic mass is 32.2. The van der Waals surface area contributed by atoms with Crippen LogP contribution in [-0.4, -0.2) is 14.5 Å². The van der Waals surface area contributed by atoms with Crippen molar-refractivity contribution >= 4 is 10.0 Å². The zero-order chi connectivity index (χ0) is 14.3. The van der Waals surface area contributed by atoms with Crippen LogP contribution >= 0.6 is 0 Å². The molecule has 0 radical (unpaired) electrons. The number of sulfonamides is 1. The summed E-state index contributed by atoms with van der Waals surface area (Å²) in [7, 11) is -3.54. The van der Waals surface area contributed by atoms with Crippen molar-refractivity contribution in [3.63, 3.8) is 0 Å². The fourth-order valence-corrected chi connectivity index (χ4v) is 3.05. The van der Waals surface area contributed by atoms with Gasteiger partial charge in [0.1, 0.15) is 0 Å². The van der Waals surface area contributed by atoms with Gasteiger partial charge in [-0.3, -0.25) is 0 Å². The first-order valence-electron chi connectivity index (χ1n) is 5.96. The molecule has 1 N–H and O–H groups in total. The van der Waals surface area contributed by atoms with Crippen molar-refractivity contribution < 1.29 is 8.42 Å². The molecule has 1 unspecified atom stereocenters. The summed E-state index contributed by atoms with van der Waals surface area (Å²) in [4.78, 5) is 0. The third kappa shape index (κ3) is 4.75. The minimum atomic E-state index is -3.54. The van der Waals surface area contributed by atoms with Crippen LogP contribution in [-0.2, 0) is 15.8 Å². The van der Waals surface area contributed by atoms with Crippen molar-refractivity contribution in [1.29, 1.82) is 5.26 Å². The normalized spacial score (nSPS) is 12.4. The van der Waals surface area contributed by atoms with Gasteiger partial charge in [-0.1, -0.05) is 37.5 Å². The highest BCUT2D eigenvalue weighted by Crippen LogP contribution is 2.11.